The molecule has 3 heterocycles. The number of thiophene rings is 1. The van der Waals surface area contributed by atoms with Gasteiger partial charge in [0.2, 0.25) is 10.0 Å². The van der Waals surface area contributed by atoms with Crippen molar-refractivity contribution in [1.29, 1.82) is 0 Å². The number of nitrogens with zero attached hydrogens (tertiary/aromatic N) is 2. The Kier molecular flexibility index (Phi) is 6.05. The summed E-state index contributed by atoms with van der Waals surface area (Å²) in [6.45, 7) is 4.15. The zero-order chi connectivity index (χ0) is 23.0. The fourth-order valence-electron chi connectivity index (χ4n) is 3.73. The normalized spacial score (nSPS) is 18.1. The van der Waals surface area contributed by atoms with Gasteiger partial charge in [0.1, 0.15) is 6.04 Å². The van der Waals surface area contributed by atoms with E-state index in [1.807, 2.05) is 29.4 Å². The summed E-state index contributed by atoms with van der Waals surface area (Å²) in [7, 11) is -3.94. The van der Waals surface area contributed by atoms with Gasteiger partial charge in [-0.05, 0) is 36.2 Å². The second kappa shape index (κ2) is 8.64. The lowest BCUT2D eigenvalue weighted by atomic mass is 10.0. The molecule has 4 rings (SSSR count). The number of hydrazine groups is 1. The molecule has 1 aromatic carbocycles. The molecule has 2 aliphatic heterocycles. The molecule has 0 bridgehead atoms. The molecule has 12 heteroatoms. The van der Waals surface area contributed by atoms with Crippen molar-refractivity contribution in [2.24, 2.45) is 5.92 Å². The molecule has 4 N–H and O–H groups in total. The first kappa shape index (κ1) is 22.4. The minimum Gasteiger partial charge on any atom is -0.314 e. The van der Waals surface area contributed by atoms with Gasteiger partial charge >= 0.3 is 0 Å². The number of hydrogen-bond donors (Lipinski definition) is 4. The Hall–Kier alpha value is -2.77. The van der Waals surface area contributed by atoms with Crippen molar-refractivity contribution in [3.63, 3.8) is 0 Å². The number of amides is 2. The molecular formula is C20H23N5O5S2. The molecule has 1 aromatic heterocycles. The monoisotopic (exact) mass is 477 g/mol. The molecular weight excluding hydrogens is 454 g/mol. The average molecular weight is 478 g/mol. The van der Waals surface area contributed by atoms with Gasteiger partial charge < -0.3 is 5.32 Å². The molecule has 2 aliphatic rings. The zero-order valence-corrected chi connectivity index (χ0v) is 19.0. The molecule has 0 fully saturated rings. The summed E-state index contributed by atoms with van der Waals surface area (Å²) in [6, 6.07) is 7.38. The van der Waals surface area contributed by atoms with Gasteiger partial charge in [-0.1, -0.05) is 19.9 Å². The Balaban J connectivity index is 1.49. The van der Waals surface area contributed by atoms with Crippen LogP contribution in [0.5, 0.6) is 0 Å². The Bertz CT molecular complexity index is 1170. The maximum atomic E-state index is 13.0. The third-order valence-electron chi connectivity index (χ3n) is 5.26. The van der Waals surface area contributed by atoms with E-state index < -0.39 is 22.0 Å². The number of hydrogen-bond acceptors (Lipinski definition) is 8. The van der Waals surface area contributed by atoms with E-state index in [0.717, 1.165) is 27.9 Å². The molecule has 2 amide bonds. The van der Waals surface area contributed by atoms with Crippen molar-refractivity contribution in [3.05, 3.63) is 53.0 Å². The third-order valence-corrected chi connectivity index (χ3v) is 8.31. The first-order valence-corrected chi connectivity index (χ1v) is 12.2. The molecule has 0 radical (unpaired) electrons. The van der Waals surface area contributed by atoms with E-state index in [0.29, 0.717) is 15.4 Å². The second-order valence-corrected chi connectivity index (χ2v) is 10.7. The molecule has 32 heavy (non-hydrogen) atoms. The average Bonchev–Trinajstić information content (AvgIpc) is 3.47. The van der Waals surface area contributed by atoms with Gasteiger partial charge in [-0.25, -0.2) is 19.3 Å². The standard InChI is InChI=1S/C20H23N5O5S2/c1-12(2)18(20(27)23-28)25-11-15-16(32(25,29)30)10-17(31-15)22-19(26)13-4-6-14(7-5-13)24-9-3-8-21-24/h3-7,9-10,12,18,21,28H,8,11H2,1-2H3,(H,22,26)(H,23,27)/t18-/m1/s1. The van der Waals surface area contributed by atoms with Crippen LogP contribution < -0.4 is 21.2 Å². The molecule has 170 valence electrons. The first-order chi connectivity index (χ1) is 15.2. The van der Waals surface area contributed by atoms with Crippen LogP contribution >= 0.6 is 11.3 Å². The third kappa shape index (κ3) is 4.02. The number of carbonyl (C=O) groups excluding carboxylic acids is 2. The van der Waals surface area contributed by atoms with E-state index in [4.69, 9.17) is 5.21 Å². The summed E-state index contributed by atoms with van der Waals surface area (Å²) in [5, 5.41) is 14.0. The van der Waals surface area contributed by atoms with Gasteiger partial charge in [0.15, 0.2) is 0 Å². The first-order valence-electron chi connectivity index (χ1n) is 9.91. The molecule has 2 aromatic rings. The summed E-state index contributed by atoms with van der Waals surface area (Å²) in [4.78, 5) is 25.3. The Morgan fingerprint density at radius 1 is 1.22 bits per heavy atom. The smallest absolute Gasteiger partial charge is 0.262 e. The molecule has 10 nitrogen and oxygen atoms in total. The maximum Gasteiger partial charge on any atom is 0.262 e. The predicted octanol–water partition coefficient (Wildman–Crippen LogP) is 1.87. The topological polar surface area (TPSA) is 131 Å². The number of fused-ring (bicyclic) bond motifs is 1. The highest BCUT2D eigenvalue weighted by molar-refractivity contribution is 7.89. The van der Waals surface area contributed by atoms with Crippen LogP contribution in [0.15, 0.2) is 47.5 Å². The minimum atomic E-state index is -3.94. The van der Waals surface area contributed by atoms with Crippen LogP contribution in [0.25, 0.3) is 0 Å². The maximum absolute atomic E-state index is 13.0. The van der Waals surface area contributed by atoms with E-state index in [9.17, 15) is 18.0 Å². The Morgan fingerprint density at radius 3 is 2.50 bits per heavy atom. The Labute approximate surface area is 189 Å². The van der Waals surface area contributed by atoms with Crippen molar-refractivity contribution in [3.8, 4) is 0 Å². The number of carbonyl (C=O) groups is 2. The lowest BCUT2D eigenvalue weighted by molar-refractivity contribution is -0.134. The van der Waals surface area contributed by atoms with Crippen molar-refractivity contribution in [1.82, 2.24) is 15.2 Å². The van der Waals surface area contributed by atoms with Crippen LogP contribution in [0.1, 0.15) is 29.1 Å². The number of anilines is 2. The van der Waals surface area contributed by atoms with Crippen molar-refractivity contribution >= 4 is 43.9 Å². The molecule has 0 unspecified atom stereocenters. The van der Waals surface area contributed by atoms with Gasteiger partial charge in [-0.3, -0.25) is 19.8 Å². The molecule has 0 aliphatic carbocycles. The quantitative estimate of drug-likeness (QED) is 0.369. The van der Waals surface area contributed by atoms with Crippen molar-refractivity contribution in [2.45, 2.75) is 31.3 Å². The Morgan fingerprint density at radius 2 is 1.94 bits per heavy atom. The number of benzene rings is 1. The highest BCUT2D eigenvalue weighted by Crippen LogP contribution is 2.41. The van der Waals surface area contributed by atoms with E-state index in [2.05, 4.69) is 10.7 Å². The largest absolute Gasteiger partial charge is 0.314 e. The molecule has 0 spiro atoms. The summed E-state index contributed by atoms with van der Waals surface area (Å²) in [5.74, 6) is -1.48. The highest BCUT2D eigenvalue weighted by atomic mass is 32.2. The number of hydroxylamine groups is 1. The fourth-order valence-corrected chi connectivity index (χ4v) is 7.09. The van der Waals surface area contributed by atoms with E-state index in [-0.39, 0.29) is 23.3 Å². The second-order valence-electron chi connectivity index (χ2n) is 7.73. The minimum absolute atomic E-state index is 0.000476. The van der Waals surface area contributed by atoms with Gasteiger partial charge in [-0.15, -0.1) is 11.3 Å². The molecule has 1 atom stereocenters. The summed E-state index contributed by atoms with van der Waals surface area (Å²) in [6.07, 6.45) is 3.88. The van der Waals surface area contributed by atoms with Gasteiger partial charge in [0.25, 0.3) is 11.8 Å². The van der Waals surface area contributed by atoms with Gasteiger partial charge in [0.05, 0.1) is 22.1 Å². The number of nitrogens with one attached hydrogen (secondary N) is 3. The van der Waals surface area contributed by atoms with E-state index >= 15 is 0 Å². The van der Waals surface area contributed by atoms with E-state index in [1.54, 1.807) is 31.5 Å². The number of rotatable bonds is 6. The zero-order valence-electron chi connectivity index (χ0n) is 17.4. The van der Waals surface area contributed by atoms with Gasteiger partial charge in [0, 0.05) is 23.2 Å². The summed E-state index contributed by atoms with van der Waals surface area (Å²) < 4.78 is 27.1. The van der Waals surface area contributed by atoms with Gasteiger partial charge in [-0.2, -0.15) is 4.31 Å². The number of sulfonamides is 1. The lowest BCUT2D eigenvalue weighted by Crippen LogP contribution is -2.49. The lowest BCUT2D eigenvalue weighted by Gasteiger charge is -2.27. The van der Waals surface area contributed by atoms with Crippen LogP contribution in [0.3, 0.4) is 0 Å². The SMILES string of the molecule is CC(C)[C@H](C(=O)NO)N1Cc2sc(NC(=O)c3ccc(N4C=CCN4)cc3)cc2S1(=O)=O. The molecule has 0 saturated carbocycles. The van der Waals surface area contributed by atoms with Crippen LogP contribution in [0.2, 0.25) is 0 Å². The van der Waals surface area contributed by atoms with Crippen molar-refractivity contribution in [2.75, 3.05) is 16.9 Å². The highest BCUT2D eigenvalue weighted by Gasteiger charge is 2.44. The summed E-state index contributed by atoms with van der Waals surface area (Å²) in [5.41, 5.74) is 6.02. The van der Waals surface area contributed by atoms with Crippen LogP contribution in [0.4, 0.5) is 10.7 Å². The molecule has 0 saturated heterocycles. The summed E-state index contributed by atoms with van der Waals surface area (Å²) >= 11 is 1.15. The predicted molar refractivity (Wildman–Crippen MR) is 120 cm³/mol. The van der Waals surface area contributed by atoms with E-state index in [1.165, 1.54) is 6.07 Å². The van der Waals surface area contributed by atoms with Crippen LogP contribution in [0, 0.1) is 5.92 Å². The fraction of sp³-hybridized carbons (Fsp3) is 0.300. The van der Waals surface area contributed by atoms with Crippen LogP contribution in [-0.4, -0.2) is 42.3 Å². The van der Waals surface area contributed by atoms with Crippen molar-refractivity contribution < 1.29 is 23.2 Å². The van der Waals surface area contributed by atoms with Crippen LogP contribution in [-0.2, 0) is 21.4 Å².